The van der Waals surface area contributed by atoms with Crippen LogP contribution in [0.5, 0.6) is 11.5 Å². The predicted molar refractivity (Wildman–Crippen MR) is 104 cm³/mol. The number of benzene rings is 2. The van der Waals surface area contributed by atoms with Crippen LogP contribution in [0.2, 0.25) is 5.02 Å². The molecule has 2 aromatic rings. The summed E-state index contributed by atoms with van der Waals surface area (Å²) in [6, 6.07) is 10.2. The van der Waals surface area contributed by atoms with Crippen molar-refractivity contribution < 1.29 is 23.8 Å². The van der Waals surface area contributed by atoms with Gasteiger partial charge >= 0.3 is 5.97 Å². The largest absolute Gasteiger partial charge is 0.493 e. The highest BCUT2D eigenvalue weighted by Crippen LogP contribution is 2.37. The predicted octanol–water partition coefficient (Wildman–Crippen LogP) is 4.24. The van der Waals surface area contributed by atoms with Gasteiger partial charge < -0.3 is 19.5 Å². The molecule has 7 heteroatoms. The van der Waals surface area contributed by atoms with Gasteiger partial charge in [0.15, 0.2) is 18.1 Å². The van der Waals surface area contributed by atoms with Crippen LogP contribution >= 0.6 is 11.6 Å². The van der Waals surface area contributed by atoms with E-state index in [1.54, 1.807) is 6.07 Å². The molecular formula is C20H22ClNO5. The first-order chi connectivity index (χ1) is 12.8. The number of halogens is 1. The second-order valence-electron chi connectivity index (χ2n) is 6.10. The third-order valence-corrected chi connectivity index (χ3v) is 3.85. The second-order valence-corrected chi connectivity index (χ2v) is 6.50. The average Bonchev–Trinajstić information content (AvgIpc) is 2.62. The molecule has 0 fully saturated rings. The van der Waals surface area contributed by atoms with Gasteiger partial charge in [-0.3, -0.25) is 4.79 Å². The van der Waals surface area contributed by atoms with Crippen molar-refractivity contribution in [1.82, 2.24) is 0 Å². The highest BCUT2D eigenvalue weighted by atomic mass is 35.5. The van der Waals surface area contributed by atoms with Crippen LogP contribution in [0.3, 0.4) is 0 Å². The lowest BCUT2D eigenvalue weighted by atomic mass is 10.2. The molecule has 0 radical (unpaired) electrons. The minimum absolute atomic E-state index is 0.112. The van der Waals surface area contributed by atoms with Crippen molar-refractivity contribution in [3.8, 4) is 11.5 Å². The molecular weight excluding hydrogens is 370 g/mol. The van der Waals surface area contributed by atoms with Gasteiger partial charge in [0, 0.05) is 5.69 Å². The fourth-order valence-corrected chi connectivity index (χ4v) is 2.56. The number of hydrogen-bond acceptors (Lipinski definition) is 5. The molecule has 0 saturated heterocycles. The van der Waals surface area contributed by atoms with Gasteiger partial charge in [-0.2, -0.15) is 0 Å². The van der Waals surface area contributed by atoms with Crippen LogP contribution in [0.4, 0.5) is 5.69 Å². The maximum Gasteiger partial charge on any atom is 0.338 e. The Balaban J connectivity index is 2.04. The molecule has 0 bridgehead atoms. The lowest BCUT2D eigenvalue weighted by Crippen LogP contribution is -2.21. The molecule has 0 aliphatic carbocycles. The van der Waals surface area contributed by atoms with E-state index in [9.17, 15) is 9.59 Å². The van der Waals surface area contributed by atoms with Crippen molar-refractivity contribution in [2.24, 2.45) is 0 Å². The number of anilines is 1. The molecule has 0 aromatic heterocycles. The first-order valence-corrected chi connectivity index (χ1v) is 8.76. The first-order valence-electron chi connectivity index (χ1n) is 8.38. The Hall–Kier alpha value is -2.73. The van der Waals surface area contributed by atoms with E-state index in [1.165, 1.54) is 19.2 Å². The van der Waals surface area contributed by atoms with Crippen molar-refractivity contribution in [2.45, 2.75) is 26.9 Å². The smallest absolute Gasteiger partial charge is 0.338 e. The van der Waals surface area contributed by atoms with E-state index in [0.717, 1.165) is 5.56 Å². The van der Waals surface area contributed by atoms with E-state index in [4.69, 9.17) is 25.8 Å². The normalized spacial score (nSPS) is 10.4. The summed E-state index contributed by atoms with van der Waals surface area (Å²) in [5, 5.41) is 2.92. The van der Waals surface area contributed by atoms with E-state index in [-0.39, 0.29) is 16.7 Å². The number of aryl methyl sites for hydroxylation is 1. The molecule has 0 spiro atoms. The Labute approximate surface area is 163 Å². The van der Waals surface area contributed by atoms with Crippen LogP contribution in [-0.4, -0.2) is 31.7 Å². The topological polar surface area (TPSA) is 73.9 Å². The van der Waals surface area contributed by atoms with E-state index >= 15 is 0 Å². The van der Waals surface area contributed by atoms with E-state index < -0.39 is 18.5 Å². The molecule has 1 N–H and O–H groups in total. The van der Waals surface area contributed by atoms with Crippen LogP contribution in [0.1, 0.15) is 29.8 Å². The second kappa shape index (κ2) is 9.28. The van der Waals surface area contributed by atoms with Crippen LogP contribution in [0.15, 0.2) is 36.4 Å². The molecule has 144 valence electrons. The SMILES string of the molecule is COc1cc(C(=O)OCC(=O)Nc2ccccc2C)cc(Cl)c1OC(C)C. The minimum atomic E-state index is -0.689. The van der Waals surface area contributed by atoms with Gasteiger partial charge in [-0.1, -0.05) is 29.8 Å². The van der Waals surface area contributed by atoms with Gasteiger partial charge in [0.1, 0.15) is 0 Å². The number of nitrogens with one attached hydrogen (secondary N) is 1. The Kier molecular flexibility index (Phi) is 7.07. The van der Waals surface area contributed by atoms with Gasteiger partial charge in [0.05, 0.1) is 23.8 Å². The number of esters is 1. The van der Waals surface area contributed by atoms with Crippen LogP contribution < -0.4 is 14.8 Å². The molecule has 0 atom stereocenters. The van der Waals surface area contributed by atoms with Crippen molar-refractivity contribution in [1.29, 1.82) is 0 Å². The zero-order valence-corrected chi connectivity index (χ0v) is 16.4. The van der Waals surface area contributed by atoms with Crippen molar-refractivity contribution in [3.63, 3.8) is 0 Å². The maximum atomic E-state index is 12.3. The summed E-state index contributed by atoms with van der Waals surface area (Å²) in [6.45, 7) is 5.16. The first kappa shape index (κ1) is 20.6. The quantitative estimate of drug-likeness (QED) is 0.714. The summed E-state index contributed by atoms with van der Waals surface area (Å²) >= 11 is 6.20. The summed E-state index contributed by atoms with van der Waals surface area (Å²) < 4.78 is 15.9. The molecule has 2 rings (SSSR count). The summed E-state index contributed by atoms with van der Waals surface area (Å²) in [5.41, 5.74) is 1.74. The molecule has 0 saturated carbocycles. The highest BCUT2D eigenvalue weighted by Gasteiger charge is 2.18. The van der Waals surface area contributed by atoms with Crippen molar-refractivity contribution in [3.05, 3.63) is 52.5 Å². The lowest BCUT2D eigenvalue weighted by molar-refractivity contribution is -0.119. The fourth-order valence-electron chi connectivity index (χ4n) is 2.30. The number of carbonyl (C=O) groups is 2. The maximum absolute atomic E-state index is 12.3. The van der Waals surface area contributed by atoms with E-state index in [0.29, 0.717) is 17.2 Å². The van der Waals surface area contributed by atoms with Crippen LogP contribution in [0, 0.1) is 6.92 Å². The number of rotatable bonds is 7. The molecule has 0 unspecified atom stereocenters. The van der Waals surface area contributed by atoms with Crippen molar-refractivity contribution in [2.75, 3.05) is 19.0 Å². The third-order valence-electron chi connectivity index (χ3n) is 3.57. The standard InChI is InChI=1S/C20H22ClNO5/c1-12(2)27-19-15(21)9-14(10-17(19)25-4)20(24)26-11-18(23)22-16-8-6-5-7-13(16)3/h5-10,12H,11H2,1-4H3,(H,22,23). The Morgan fingerprint density at radius 3 is 2.52 bits per heavy atom. The Morgan fingerprint density at radius 1 is 1.19 bits per heavy atom. The summed E-state index contributed by atoms with van der Waals surface area (Å²) in [7, 11) is 1.45. The van der Waals surface area contributed by atoms with Gasteiger partial charge in [0.25, 0.3) is 5.91 Å². The Morgan fingerprint density at radius 2 is 1.89 bits per heavy atom. The zero-order chi connectivity index (χ0) is 20.0. The van der Waals surface area contributed by atoms with Crippen molar-refractivity contribution >= 4 is 29.2 Å². The summed E-state index contributed by atoms with van der Waals surface area (Å²) in [4.78, 5) is 24.3. The van der Waals surface area contributed by atoms with Crippen LogP contribution in [-0.2, 0) is 9.53 Å². The average molecular weight is 392 g/mol. The summed E-state index contributed by atoms with van der Waals surface area (Å²) in [5.74, 6) is -0.461. The molecule has 1 amide bonds. The highest BCUT2D eigenvalue weighted by molar-refractivity contribution is 6.32. The number of hydrogen-bond donors (Lipinski definition) is 1. The van der Waals surface area contributed by atoms with Gasteiger partial charge in [-0.05, 0) is 44.5 Å². The molecule has 0 heterocycles. The molecule has 0 aliphatic heterocycles. The number of carbonyl (C=O) groups excluding carboxylic acids is 2. The number of ether oxygens (including phenoxy) is 3. The molecule has 6 nitrogen and oxygen atoms in total. The monoisotopic (exact) mass is 391 g/mol. The third kappa shape index (κ3) is 5.62. The number of methoxy groups -OCH3 is 1. The fraction of sp³-hybridized carbons (Fsp3) is 0.300. The van der Waals surface area contributed by atoms with Gasteiger partial charge in [0.2, 0.25) is 0 Å². The lowest BCUT2D eigenvalue weighted by Gasteiger charge is -2.16. The van der Waals surface area contributed by atoms with E-state index in [1.807, 2.05) is 39.0 Å². The number of para-hydroxylation sites is 1. The summed E-state index contributed by atoms with van der Waals surface area (Å²) in [6.07, 6.45) is -0.112. The van der Waals surface area contributed by atoms with Crippen LogP contribution in [0.25, 0.3) is 0 Å². The van der Waals surface area contributed by atoms with Gasteiger partial charge in [-0.15, -0.1) is 0 Å². The zero-order valence-electron chi connectivity index (χ0n) is 15.7. The molecule has 2 aromatic carbocycles. The minimum Gasteiger partial charge on any atom is -0.493 e. The Bertz CT molecular complexity index is 835. The van der Waals surface area contributed by atoms with E-state index in [2.05, 4.69) is 5.32 Å². The van der Waals surface area contributed by atoms with Gasteiger partial charge in [-0.25, -0.2) is 4.79 Å². The number of amides is 1. The molecule has 0 aliphatic rings. The molecule has 27 heavy (non-hydrogen) atoms.